The van der Waals surface area contributed by atoms with Crippen LogP contribution in [0.15, 0.2) is 71.9 Å². The summed E-state index contributed by atoms with van der Waals surface area (Å²) in [5.41, 5.74) is 18.7. The van der Waals surface area contributed by atoms with Crippen molar-refractivity contribution in [3.63, 3.8) is 0 Å². The Morgan fingerprint density at radius 3 is 2.37 bits per heavy atom. The zero-order valence-electron chi connectivity index (χ0n) is 32.0. The third-order valence-corrected chi connectivity index (χ3v) is 11.9. The van der Waals surface area contributed by atoms with Gasteiger partial charge in [-0.2, -0.15) is 6.20 Å². The van der Waals surface area contributed by atoms with E-state index < -0.39 is 0 Å². The third kappa shape index (κ3) is 8.42. The summed E-state index contributed by atoms with van der Waals surface area (Å²) < 4.78 is 12.0. The maximum Gasteiger partial charge on any atom is 1.00 e. The number of allylic oxidation sites excluding steroid dienone is 2. The van der Waals surface area contributed by atoms with Crippen molar-refractivity contribution in [2.75, 3.05) is 40.4 Å². The molecule has 8 heteroatoms. The van der Waals surface area contributed by atoms with E-state index in [0.29, 0.717) is 0 Å². The number of nitrogens with zero attached hydrogens (tertiary/aromatic N) is 3. The summed E-state index contributed by atoms with van der Waals surface area (Å²) in [6.07, 6.45) is 13.0. The second-order valence-corrected chi connectivity index (χ2v) is 16.2. The van der Waals surface area contributed by atoms with Gasteiger partial charge in [-0.05, 0) is 95.5 Å². The minimum atomic E-state index is -0.00615. The first kappa shape index (κ1) is 39.9. The van der Waals surface area contributed by atoms with E-state index in [1.807, 2.05) is 0 Å². The van der Waals surface area contributed by atoms with Crippen LogP contribution in [-0.4, -0.2) is 60.6 Å². The summed E-state index contributed by atoms with van der Waals surface area (Å²) in [7, 11) is 3.46. The molecule has 1 N–H and O–H groups in total. The summed E-state index contributed by atoms with van der Waals surface area (Å²) in [6.45, 7) is 21.1. The van der Waals surface area contributed by atoms with E-state index in [2.05, 4.69) is 110 Å². The molecule has 1 saturated heterocycles. The fraction of sp³-hybridized carbons (Fsp3) is 0.442. The summed E-state index contributed by atoms with van der Waals surface area (Å²) in [4.78, 5) is 8.83. The minimum Gasteiger partial charge on any atom is -0.704 e. The van der Waals surface area contributed by atoms with Gasteiger partial charge < -0.3 is 20.1 Å². The number of nitrogens with one attached hydrogen (secondary N) is 1. The number of aryl methyl sites for hydroxylation is 1. The summed E-state index contributed by atoms with van der Waals surface area (Å²) in [5.74, 6) is 4.54. The van der Waals surface area contributed by atoms with E-state index in [0.717, 1.165) is 90.0 Å². The molecule has 3 aliphatic rings. The molecule has 1 aliphatic carbocycles. The molecule has 0 amide bonds. The largest absolute Gasteiger partial charge is 1.00 e. The molecular weight excluding hydrogens is 676 g/mol. The summed E-state index contributed by atoms with van der Waals surface area (Å²) >= 11 is 1.66. The Balaban J connectivity index is 0.00000504. The Kier molecular flexibility index (Phi) is 12.8. The van der Waals surface area contributed by atoms with E-state index in [1.165, 1.54) is 41.3 Å². The average Bonchev–Trinajstić information content (AvgIpc) is 3.74. The quantitative estimate of drug-likeness (QED) is 0.137. The Hall–Kier alpha value is -2.32. The topological polar surface area (TPSA) is 52.0 Å². The number of benzene rings is 2. The van der Waals surface area contributed by atoms with Crippen molar-refractivity contribution in [1.82, 2.24) is 14.7 Å². The molecule has 1 spiro atoms. The van der Waals surface area contributed by atoms with Crippen LogP contribution in [-0.2, 0) is 19.5 Å². The van der Waals surface area contributed by atoms with Gasteiger partial charge >= 0.3 is 51.4 Å². The van der Waals surface area contributed by atoms with E-state index in [9.17, 15) is 0 Å². The number of methoxy groups -OCH3 is 2. The molecular formula is C43H53KN4O2S. The van der Waals surface area contributed by atoms with Gasteiger partial charge in [-0.25, -0.2) is 0 Å². The van der Waals surface area contributed by atoms with Crippen molar-refractivity contribution in [1.29, 1.82) is 0 Å². The molecule has 3 aromatic rings. The first-order valence-corrected chi connectivity index (χ1v) is 18.7. The van der Waals surface area contributed by atoms with Gasteiger partial charge in [0.2, 0.25) is 0 Å². The van der Waals surface area contributed by atoms with Gasteiger partial charge in [-0.1, -0.05) is 57.5 Å². The maximum absolute atomic E-state index is 8.21. The van der Waals surface area contributed by atoms with Crippen LogP contribution in [0, 0.1) is 24.7 Å². The fourth-order valence-corrected chi connectivity index (χ4v) is 8.97. The fourth-order valence-electron chi connectivity index (χ4n) is 8.01. The monoisotopic (exact) mass is 728 g/mol. The number of rotatable bonds is 10. The molecule has 2 fully saturated rings. The molecule has 1 aromatic heterocycles. The SMILES string of the molecule is C#C/C(=C\C(C)(C)C)C(=C)N1CCc2c(CN3CCN(Cc4c(OC)cc(/C(=C/[NH-])c5sccc5C)cc4OC)CC34CC4)cccc2C1C.[K+]. The van der Waals surface area contributed by atoms with E-state index in [1.54, 1.807) is 25.6 Å². The predicted octanol–water partition coefficient (Wildman–Crippen LogP) is 6.41. The average molecular weight is 729 g/mol. The first-order chi connectivity index (χ1) is 23.9. The van der Waals surface area contributed by atoms with Gasteiger partial charge in [0.05, 0.1) is 25.8 Å². The van der Waals surface area contributed by atoms with Crippen LogP contribution >= 0.6 is 11.3 Å². The van der Waals surface area contributed by atoms with Crippen molar-refractivity contribution in [3.05, 3.63) is 116 Å². The molecule has 1 unspecified atom stereocenters. The number of ether oxygens (including phenoxy) is 2. The molecule has 51 heavy (non-hydrogen) atoms. The molecule has 264 valence electrons. The number of thiophene rings is 1. The number of terminal acetylenes is 1. The van der Waals surface area contributed by atoms with Crippen LogP contribution in [0.5, 0.6) is 11.5 Å². The molecule has 6 rings (SSSR count). The number of fused-ring (bicyclic) bond motifs is 1. The molecule has 0 bridgehead atoms. The van der Waals surface area contributed by atoms with E-state index in [4.69, 9.17) is 21.6 Å². The number of hydrogen-bond acceptors (Lipinski definition) is 6. The summed E-state index contributed by atoms with van der Waals surface area (Å²) in [6, 6.07) is 13.3. The van der Waals surface area contributed by atoms with E-state index in [-0.39, 0.29) is 68.4 Å². The minimum absolute atomic E-state index is 0. The molecule has 0 radical (unpaired) electrons. The number of hydrogen-bond donors (Lipinski definition) is 0. The normalized spacial score (nSPS) is 19.3. The van der Waals surface area contributed by atoms with E-state index >= 15 is 0 Å². The standard InChI is InChI=1S/C43H53N4O2S.K/c1-10-32(24-42(5,6)7)30(3)47-18-14-36-33(12-11-13-35(36)31(47)4)26-46-20-19-45(28-43(46)16-17-43)27-38-39(48-8)22-34(23-40(38)49-9)37(25-44)41-29(2)15-21-50-41;/h1,11-13,15,21-25,31,44H,3,14,16-20,26-28H2,2,4-9H3;/q-1;+1/b32-24+,37-25-;. The van der Waals surface area contributed by atoms with Gasteiger partial charge in [-0.15, -0.1) is 17.8 Å². The van der Waals surface area contributed by atoms with Gasteiger partial charge in [0.1, 0.15) is 11.5 Å². The van der Waals surface area contributed by atoms with Crippen molar-refractivity contribution < 1.29 is 60.9 Å². The van der Waals surface area contributed by atoms with Gasteiger partial charge in [0.25, 0.3) is 0 Å². The van der Waals surface area contributed by atoms with Crippen molar-refractivity contribution >= 4 is 16.9 Å². The zero-order valence-corrected chi connectivity index (χ0v) is 35.9. The maximum atomic E-state index is 8.21. The summed E-state index contributed by atoms with van der Waals surface area (Å²) in [5, 5.41) is 2.08. The van der Waals surface area contributed by atoms with Crippen LogP contribution in [0.3, 0.4) is 0 Å². The Morgan fingerprint density at radius 2 is 1.80 bits per heavy atom. The van der Waals surface area contributed by atoms with Crippen LogP contribution in [0.4, 0.5) is 0 Å². The third-order valence-electron chi connectivity index (χ3n) is 10.8. The van der Waals surface area contributed by atoms with Crippen LogP contribution in [0.2, 0.25) is 0 Å². The van der Waals surface area contributed by atoms with Crippen molar-refractivity contribution in [3.8, 4) is 23.8 Å². The Morgan fingerprint density at radius 1 is 1.10 bits per heavy atom. The van der Waals surface area contributed by atoms with Crippen LogP contribution in [0.1, 0.15) is 84.8 Å². The molecule has 6 nitrogen and oxygen atoms in total. The smallest absolute Gasteiger partial charge is 0.704 e. The predicted molar refractivity (Wildman–Crippen MR) is 208 cm³/mol. The molecule has 2 aliphatic heterocycles. The molecule has 2 aromatic carbocycles. The second-order valence-electron chi connectivity index (χ2n) is 15.3. The van der Waals surface area contributed by atoms with Crippen LogP contribution < -0.4 is 60.9 Å². The Labute approximate surface area is 353 Å². The van der Waals surface area contributed by atoms with Gasteiger partial charge in [0, 0.05) is 61.0 Å². The zero-order chi connectivity index (χ0) is 35.8. The van der Waals surface area contributed by atoms with Crippen LogP contribution in [0.25, 0.3) is 11.3 Å². The van der Waals surface area contributed by atoms with Gasteiger partial charge in [-0.3, -0.25) is 9.80 Å². The van der Waals surface area contributed by atoms with Gasteiger partial charge in [0.15, 0.2) is 0 Å². The number of piperazine rings is 1. The molecule has 3 heterocycles. The van der Waals surface area contributed by atoms with Crippen molar-refractivity contribution in [2.24, 2.45) is 5.41 Å². The molecule has 1 saturated carbocycles. The second kappa shape index (κ2) is 16.4. The van der Waals surface area contributed by atoms with Crippen molar-refractivity contribution in [2.45, 2.75) is 78.6 Å². The molecule has 1 atom stereocenters. The first-order valence-electron chi connectivity index (χ1n) is 17.8. The Bertz CT molecular complexity index is 1830.